The van der Waals surface area contributed by atoms with Gasteiger partial charge in [0.1, 0.15) is 5.82 Å². The molecule has 0 amide bonds. The SMILES string of the molecule is CNCc1ccc(-c2ncc[nH]2)cc1. The summed E-state index contributed by atoms with van der Waals surface area (Å²) in [6.45, 7) is 0.901. The maximum Gasteiger partial charge on any atom is 0.137 e. The van der Waals surface area contributed by atoms with Crippen LogP contribution in [-0.4, -0.2) is 17.0 Å². The molecule has 2 rings (SSSR count). The van der Waals surface area contributed by atoms with Gasteiger partial charge in [0, 0.05) is 24.5 Å². The van der Waals surface area contributed by atoms with Gasteiger partial charge in [0.15, 0.2) is 0 Å². The molecular formula is C11H13N3. The summed E-state index contributed by atoms with van der Waals surface area (Å²) in [7, 11) is 1.94. The van der Waals surface area contributed by atoms with Crippen LogP contribution < -0.4 is 5.32 Å². The third kappa shape index (κ3) is 1.83. The van der Waals surface area contributed by atoms with Crippen LogP contribution in [0.4, 0.5) is 0 Å². The molecule has 14 heavy (non-hydrogen) atoms. The van der Waals surface area contributed by atoms with E-state index in [2.05, 4.69) is 39.6 Å². The number of nitrogens with zero attached hydrogens (tertiary/aromatic N) is 1. The van der Waals surface area contributed by atoms with Gasteiger partial charge in [-0.2, -0.15) is 0 Å². The van der Waals surface area contributed by atoms with Crippen molar-refractivity contribution in [2.45, 2.75) is 6.54 Å². The highest BCUT2D eigenvalue weighted by atomic mass is 14.9. The van der Waals surface area contributed by atoms with E-state index in [0.717, 1.165) is 17.9 Å². The van der Waals surface area contributed by atoms with Crippen molar-refractivity contribution in [1.29, 1.82) is 0 Å². The van der Waals surface area contributed by atoms with Crippen LogP contribution in [0.15, 0.2) is 36.7 Å². The Balaban J connectivity index is 2.22. The van der Waals surface area contributed by atoms with Gasteiger partial charge in [0.05, 0.1) is 0 Å². The molecule has 0 unspecified atom stereocenters. The number of rotatable bonds is 3. The summed E-state index contributed by atoms with van der Waals surface area (Å²) in [4.78, 5) is 7.27. The second-order valence-corrected chi connectivity index (χ2v) is 3.17. The summed E-state index contributed by atoms with van der Waals surface area (Å²) in [5.41, 5.74) is 2.40. The first-order chi connectivity index (χ1) is 6.90. The zero-order chi connectivity index (χ0) is 9.80. The summed E-state index contributed by atoms with van der Waals surface area (Å²) in [6.07, 6.45) is 3.59. The van der Waals surface area contributed by atoms with E-state index in [1.165, 1.54) is 5.56 Å². The number of imidazole rings is 1. The molecule has 0 spiro atoms. The molecule has 0 aliphatic rings. The highest BCUT2D eigenvalue weighted by molar-refractivity contribution is 5.54. The van der Waals surface area contributed by atoms with Crippen molar-refractivity contribution in [2.24, 2.45) is 0 Å². The molecular weight excluding hydrogens is 174 g/mol. The zero-order valence-corrected chi connectivity index (χ0v) is 8.12. The van der Waals surface area contributed by atoms with Gasteiger partial charge in [-0.1, -0.05) is 24.3 Å². The van der Waals surface area contributed by atoms with Crippen molar-refractivity contribution in [3.05, 3.63) is 42.2 Å². The molecule has 0 atom stereocenters. The van der Waals surface area contributed by atoms with Gasteiger partial charge >= 0.3 is 0 Å². The molecule has 2 aromatic rings. The fourth-order valence-electron chi connectivity index (χ4n) is 1.41. The number of H-pyrrole nitrogens is 1. The number of aromatic nitrogens is 2. The maximum absolute atomic E-state index is 4.19. The largest absolute Gasteiger partial charge is 0.345 e. The normalized spacial score (nSPS) is 10.4. The van der Waals surface area contributed by atoms with Gasteiger partial charge in [-0.05, 0) is 12.6 Å². The van der Waals surface area contributed by atoms with E-state index in [1.54, 1.807) is 6.20 Å². The predicted molar refractivity (Wildman–Crippen MR) is 56.8 cm³/mol. The predicted octanol–water partition coefficient (Wildman–Crippen LogP) is 1.80. The lowest BCUT2D eigenvalue weighted by atomic mass is 10.1. The van der Waals surface area contributed by atoms with Gasteiger partial charge < -0.3 is 10.3 Å². The lowest BCUT2D eigenvalue weighted by Crippen LogP contribution is -2.04. The van der Waals surface area contributed by atoms with Crippen LogP contribution in [0.2, 0.25) is 0 Å². The van der Waals surface area contributed by atoms with Crippen molar-refractivity contribution < 1.29 is 0 Å². The van der Waals surface area contributed by atoms with Gasteiger partial charge in [-0.25, -0.2) is 4.98 Å². The summed E-state index contributed by atoms with van der Waals surface area (Å²) in [5.74, 6) is 0.918. The molecule has 0 radical (unpaired) electrons. The summed E-state index contributed by atoms with van der Waals surface area (Å²) in [6, 6.07) is 8.36. The molecule has 1 aromatic heterocycles. The minimum Gasteiger partial charge on any atom is -0.345 e. The van der Waals surface area contributed by atoms with E-state index < -0.39 is 0 Å². The Morgan fingerprint density at radius 3 is 2.64 bits per heavy atom. The lowest BCUT2D eigenvalue weighted by Gasteiger charge is -2.01. The fraction of sp³-hybridized carbons (Fsp3) is 0.182. The van der Waals surface area contributed by atoms with Crippen LogP contribution >= 0.6 is 0 Å². The van der Waals surface area contributed by atoms with Crippen LogP contribution in [0.5, 0.6) is 0 Å². The molecule has 0 saturated heterocycles. The summed E-state index contributed by atoms with van der Waals surface area (Å²) >= 11 is 0. The van der Waals surface area contributed by atoms with E-state index in [4.69, 9.17) is 0 Å². The second-order valence-electron chi connectivity index (χ2n) is 3.17. The van der Waals surface area contributed by atoms with Crippen molar-refractivity contribution in [2.75, 3.05) is 7.05 Å². The molecule has 0 fully saturated rings. The maximum atomic E-state index is 4.19. The third-order valence-electron chi connectivity index (χ3n) is 2.11. The van der Waals surface area contributed by atoms with Crippen LogP contribution in [0.25, 0.3) is 11.4 Å². The van der Waals surface area contributed by atoms with Gasteiger partial charge in [0.25, 0.3) is 0 Å². The van der Waals surface area contributed by atoms with Crippen LogP contribution in [0.3, 0.4) is 0 Å². The Hall–Kier alpha value is -1.61. The third-order valence-corrected chi connectivity index (χ3v) is 2.11. The van der Waals surface area contributed by atoms with Gasteiger partial charge in [-0.15, -0.1) is 0 Å². The van der Waals surface area contributed by atoms with E-state index in [-0.39, 0.29) is 0 Å². The average Bonchev–Trinajstić information content (AvgIpc) is 2.72. The Labute approximate surface area is 83.2 Å². The van der Waals surface area contributed by atoms with E-state index in [1.807, 2.05) is 13.2 Å². The number of aromatic amines is 1. The standard InChI is InChI=1S/C11H13N3/c1-12-8-9-2-4-10(5-3-9)11-13-6-7-14-11/h2-7,12H,8H2,1H3,(H,13,14). The zero-order valence-electron chi connectivity index (χ0n) is 8.12. The van der Waals surface area contributed by atoms with Crippen LogP contribution in [0.1, 0.15) is 5.56 Å². The molecule has 0 bridgehead atoms. The number of nitrogens with one attached hydrogen (secondary N) is 2. The quantitative estimate of drug-likeness (QED) is 0.769. The van der Waals surface area contributed by atoms with E-state index >= 15 is 0 Å². The second kappa shape index (κ2) is 4.07. The molecule has 0 aliphatic heterocycles. The van der Waals surface area contributed by atoms with Crippen molar-refractivity contribution in [3.8, 4) is 11.4 Å². The topological polar surface area (TPSA) is 40.7 Å². The van der Waals surface area contributed by atoms with E-state index in [0.29, 0.717) is 0 Å². The molecule has 3 heteroatoms. The first-order valence-corrected chi connectivity index (χ1v) is 4.63. The lowest BCUT2D eigenvalue weighted by molar-refractivity contribution is 0.818. The Morgan fingerprint density at radius 2 is 2.07 bits per heavy atom. The number of hydrogen-bond donors (Lipinski definition) is 2. The van der Waals surface area contributed by atoms with Crippen molar-refractivity contribution in [3.63, 3.8) is 0 Å². The van der Waals surface area contributed by atoms with Gasteiger partial charge in [-0.3, -0.25) is 0 Å². The van der Waals surface area contributed by atoms with Crippen molar-refractivity contribution in [1.82, 2.24) is 15.3 Å². The minimum absolute atomic E-state index is 0.901. The Morgan fingerprint density at radius 1 is 1.29 bits per heavy atom. The Kier molecular flexibility index (Phi) is 2.60. The molecule has 1 aromatic carbocycles. The average molecular weight is 187 g/mol. The number of benzene rings is 1. The highest BCUT2D eigenvalue weighted by Gasteiger charge is 1.98. The summed E-state index contributed by atoms with van der Waals surface area (Å²) in [5, 5.41) is 3.11. The smallest absolute Gasteiger partial charge is 0.137 e. The molecule has 72 valence electrons. The molecule has 2 N–H and O–H groups in total. The summed E-state index contributed by atoms with van der Waals surface area (Å²) < 4.78 is 0. The fourth-order valence-corrected chi connectivity index (χ4v) is 1.41. The monoisotopic (exact) mass is 187 g/mol. The molecule has 0 saturated carbocycles. The van der Waals surface area contributed by atoms with Crippen LogP contribution in [-0.2, 0) is 6.54 Å². The van der Waals surface area contributed by atoms with Gasteiger partial charge in [0.2, 0.25) is 0 Å². The number of hydrogen-bond acceptors (Lipinski definition) is 2. The highest BCUT2D eigenvalue weighted by Crippen LogP contribution is 2.14. The van der Waals surface area contributed by atoms with E-state index in [9.17, 15) is 0 Å². The molecule has 1 heterocycles. The Bertz CT molecular complexity index is 375. The van der Waals surface area contributed by atoms with Crippen molar-refractivity contribution >= 4 is 0 Å². The molecule has 0 aliphatic carbocycles. The van der Waals surface area contributed by atoms with Crippen LogP contribution in [0, 0.1) is 0 Å². The first kappa shape index (κ1) is 8.97. The molecule has 3 nitrogen and oxygen atoms in total. The minimum atomic E-state index is 0.901. The first-order valence-electron chi connectivity index (χ1n) is 4.63.